The van der Waals surface area contributed by atoms with Gasteiger partial charge in [-0.1, -0.05) is 0 Å². The smallest absolute Gasteiger partial charge is 0.338 e. The minimum absolute atomic E-state index is 0.144. The predicted molar refractivity (Wildman–Crippen MR) is 67.3 cm³/mol. The molecule has 0 bridgehead atoms. The van der Waals surface area contributed by atoms with Gasteiger partial charge >= 0.3 is 5.97 Å². The normalized spacial score (nSPS) is 17.5. The molecule has 0 saturated heterocycles. The first-order chi connectivity index (χ1) is 9.23. The van der Waals surface area contributed by atoms with Crippen LogP contribution >= 0.6 is 0 Å². The van der Waals surface area contributed by atoms with E-state index in [1.807, 2.05) is 0 Å². The number of halogens is 1. The van der Waals surface area contributed by atoms with E-state index in [9.17, 15) is 22.7 Å². The van der Waals surface area contributed by atoms with E-state index in [1.165, 1.54) is 0 Å². The van der Waals surface area contributed by atoms with Crippen LogP contribution < -0.4 is 4.72 Å². The summed E-state index contributed by atoms with van der Waals surface area (Å²) in [4.78, 5) is 10.4. The van der Waals surface area contributed by atoms with Crippen LogP contribution in [0.2, 0.25) is 0 Å². The van der Waals surface area contributed by atoms with Gasteiger partial charge in [0.05, 0.1) is 16.1 Å². The van der Waals surface area contributed by atoms with E-state index < -0.39 is 33.0 Å². The Balaban J connectivity index is 2.21. The number of sulfonamides is 1. The van der Waals surface area contributed by atoms with Crippen molar-refractivity contribution in [1.82, 2.24) is 4.72 Å². The molecule has 1 fully saturated rings. The minimum Gasteiger partial charge on any atom is -0.478 e. The van der Waals surface area contributed by atoms with Gasteiger partial charge in [0.15, 0.2) is 0 Å². The van der Waals surface area contributed by atoms with Crippen LogP contribution in [-0.2, 0) is 10.0 Å². The third-order valence-electron chi connectivity index (χ3n) is 3.35. The van der Waals surface area contributed by atoms with E-state index in [0.717, 1.165) is 24.6 Å². The maximum atomic E-state index is 13.2. The van der Waals surface area contributed by atoms with Crippen LogP contribution in [-0.4, -0.2) is 36.7 Å². The number of aromatic carboxylic acids is 1. The van der Waals surface area contributed by atoms with Gasteiger partial charge in [0.2, 0.25) is 10.0 Å². The molecule has 0 radical (unpaired) electrons. The van der Waals surface area contributed by atoms with E-state index >= 15 is 0 Å². The fourth-order valence-corrected chi connectivity index (χ4v) is 3.06. The lowest BCUT2D eigenvalue weighted by molar-refractivity contribution is -0.0271. The van der Waals surface area contributed by atoms with Gasteiger partial charge in [-0.05, 0) is 37.5 Å². The number of aliphatic hydroxyl groups is 1. The molecule has 1 aliphatic carbocycles. The number of rotatable bonds is 5. The highest BCUT2D eigenvalue weighted by Gasteiger charge is 2.35. The first kappa shape index (κ1) is 14.9. The van der Waals surface area contributed by atoms with E-state index in [1.54, 1.807) is 0 Å². The maximum absolute atomic E-state index is 13.2. The lowest BCUT2D eigenvalue weighted by atomic mass is 9.81. The van der Waals surface area contributed by atoms with Gasteiger partial charge in [0, 0.05) is 6.54 Å². The van der Waals surface area contributed by atoms with Crippen molar-refractivity contribution in [1.29, 1.82) is 0 Å². The molecular weight excluding hydrogens is 289 g/mol. The highest BCUT2D eigenvalue weighted by atomic mass is 32.2. The number of carboxylic acid groups (broad SMARTS) is 1. The Morgan fingerprint density at radius 2 is 2.05 bits per heavy atom. The molecule has 1 aromatic rings. The van der Waals surface area contributed by atoms with Crippen molar-refractivity contribution in [2.75, 3.05) is 6.54 Å². The molecule has 0 aromatic heterocycles. The average molecular weight is 303 g/mol. The van der Waals surface area contributed by atoms with E-state index in [0.29, 0.717) is 12.8 Å². The summed E-state index contributed by atoms with van der Waals surface area (Å²) < 4.78 is 39.4. The zero-order chi connectivity index (χ0) is 15.0. The van der Waals surface area contributed by atoms with Gasteiger partial charge < -0.3 is 10.2 Å². The van der Waals surface area contributed by atoms with Crippen molar-refractivity contribution in [3.63, 3.8) is 0 Å². The Hall–Kier alpha value is -1.51. The molecule has 110 valence electrons. The highest BCUT2D eigenvalue weighted by molar-refractivity contribution is 7.89. The first-order valence-electron chi connectivity index (χ1n) is 5.98. The van der Waals surface area contributed by atoms with E-state index in [2.05, 4.69) is 4.72 Å². The Morgan fingerprint density at radius 1 is 1.40 bits per heavy atom. The van der Waals surface area contributed by atoms with Crippen LogP contribution in [0.4, 0.5) is 4.39 Å². The van der Waals surface area contributed by atoms with Crippen LogP contribution in [0.15, 0.2) is 23.1 Å². The molecule has 0 heterocycles. The fraction of sp³-hybridized carbons (Fsp3) is 0.417. The molecule has 8 heteroatoms. The van der Waals surface area contributed by atoms with Crippen LogP contribution in [0.25, 0.3) is 0 Å². The third-order valence-corrected chi connectivity index (χ3v) is 4.75. The fourth-order valence-electron chi connectivity index (χ4n) is 1.91. The molecule has 2 rings (SSSR count). The first-order valence-corrected chi connectivity index (χ1v) is 7.47. The van der Waals surface area contributed by atoms with Crippen molar-refractivity contribution in [2.45, 2.75) is 29.8 Å². The van der Waals surface area contributed by atoms with Gasteiger partial charge in [-0.25, -0.2) is 22.3 Å². The number of carboxylic acids is 1. The summed E-state index contributed by atoms with van der Waals surface area (Å²) >= 11 is 0. The summed E-state index contributed by atoms with van der Waals surface area (Å²) in [5.74, 6) is -2.55. The van der Waals surface area contributed by atoms with Gasteiger partial charge in [-0.15, -0.1) is 0 Å². The maximum Gasteiger partial charge on any atom is 0.338 e. The minimum atomic E-state index is -3.98. The number of nitrogens with one attached hydrogen (secondary N) is 1. The monoisotopic (exact) mass is 303 g/mol. The van der Waals surface area contributed by atoms with Crippen molar-refractivity contribution >= 4 is 16.0 Å². The molecule has 1 aromatic carbocycles. The lowest BCUT2D eigenvalue weighted by Crippen LogP contribution is -2.47. The van der Waals surface area contributed by atoms with Crippen molar-refractivity contribution in [2.24, 2.45) is 0 Å². The Kier molecular flexibility index (Phi) is 3.81. The van der Waals surface area contributed by atoms with Gasteiger partial charge in [0.25, 0.3) is 0 Å². The number of hydrogen-bond acceptors (Lipinski definition) is 4. The molecule has 0 amide bonds. The van der Waals surface area contributed by atoms with Gasteiger partial charge in [0.1, 0.15) is 5.82 Å². The molecule has 1 saturated carbocycles. The molecule has 0 spiro atoms. The number of carbonyl (C=O) groups is 1. The predicted octanol–water partition coefficient (Wildman–Crippen LogP) is 0.717. The zero-order valence-corrected chi connectivity index (χ0v) is 11.3. The second-order valence-electron chi connectivity index (χ2n) is 4.85. The molecular formula is C12H14FNO5S. The Labute approximate surface area is 115 Å². The average Bonchev–Trinajstić information content (AvgIpc) is 2.34. The summed E-state index contributed by atoms with van der Waals surface area (Å²) in [6.07, 6.45) is 1.86. The molecule has 1 aliphatic rings. The molecule has 0 unspecified atom stereocenters. The second-order valence-corrected chi connectivity index (χ2v) is 6.62. The third kappa shape index (κ3) is 2.97. The van der Waals surface area contributed by atoms with Crippen LogP contribution in [0.5, 0.6) is 0 Å². The molecule has 20 heavy (non-hydrogen) atoms. The number of hydrogen-bond donors (Lipinski definition) is 3. The Morgan fingerprint density at radius 3 is 2.55 bits per heavy atom. The molecule has 0 aliphatic heterocycles. The van der Waals surface area contributed by atoms with Crippen molar-refractivity contribution < 1.29 is 27.8 Å². The summed E-state index contributed by atoms with van der Waals surface area (Å²) in [7, 11) is -3.98. The van der Waals surface area contributed by atoms with Crippen LogP contribution in [0, 0.1) is 5.82 Å². The van der Waals surface area contributed by atoms with Crippen LogP contribution in [0.1, 0.15) is 29.6 Å². The van der Waals surface area contributed by atoms with Crippen molar-refractivity contribution in [3.8, 4) is 0 Å². The van der Waals surface area contributed by atoms with E-state index in [-0.39, 0.29) is 11.4 Å². The quantitative estimate of drug-likeness (QED) is 0.743. The number of benzene rings is 1. The highest BCUT2D eigenvalue weighted by Crippen LogP contribution is 2.31. The largest absolute Gasteiger partial charge is 0.478 e. The molecule has 3 N–H and O–H groups in total. The summed E-state index contributed by atoms with van der Waals surface area (Å²) in [5, 5.41) is 18.6. The lowest BCUT2D eigenvalue weighted by Gasteiger charge is -2.36. The SMILES string of the molecule is O=C(O)c1cc(S(=O)(=O)NCC2(O)CCC2)ccc1F. The summed E-state index contributed by atoms with van der Waals surface area (Å²) in [6, 6.07) is 2.52. The summed E-state index contributed by atoms with van der Waals surface area (Å²) in [6.45, 7) is -0.144. The molecule has 6 nitrogen and oxygen atoms in total. The van der Waals surface area contributed by atoms with Gasteiger partial charge in [-0.3, -0.25) is 0 Å². The second kappa shape index (κ2) is 5.12. The zero-order valence-electron chi connectivity index (χ0n) is 10.5. The molecule has 0 atom stereocenters. The van der Waals surface area contributed by atoms with E-state index in [4.69, 9.17) is 5.11 Å². The topological polar surface area (TPSA) is 104 Å². The standard InChI is InChI=1S/C12H14FNO5S/c13-10-3-2-8(6-9(10)11(15)16)20(18,19)14-7-12(17)4-1-5-12/h2-3,6,14,17H,1,4-5,7H2,(H,15,16). The Bertz CT molecular complexity index is 639. The summed E-state index contributed by atoms with van der Waals surface area (Å²) in [5.41, 5.74) is -1.75. The van der Waals surface area contributed by atoms with Gasteiger partial charge in [-0.2, -0.15) is 0 Å². The van der Waals surface area contributed by atoms with Crippen LogP contribution in [0.3, 0.4) is 0 Å². The van der Waals surface area contributed by atoms with Crippen molar-refractivity contribution in [3.05, 3.63) is 29.6 Å².